The Kier molecular flexibility index (Phi) is 69.4. The second-order valence-electron chi connectivity index (χ2n) is 25.6. The molecule has 6 nitrogen and oxygen atoms in total. The molecule has 81 heavy (non-hydrogen) atoms. The highest BCUT2D eigenvalue weighted by atomic mass is 16.5. The number of nitrogens with one attached hydrogen (secondary N) is 1. The van der Waals surface area contributed by atoms with Crippen LogP contribution in [0.2, 0.25) is 0 Å². The number of esters is 1. The van der Waals surface area contributed by atoms with Crippen molar-refractivity contribution in [1.82, 2.24) is 5.32 Å². The Morgan fingerprint density at radius 3 is 0.877 bits per heavy atom. The number of allylic oxidation sites excluding steroid dienone is 3. The number of unbranched alkanes of at least 4 members (excludes halogenated alkanes) is 57. The number of carbonyl (C=O) groups is 2. The minimum Gasteiger partial charge on any atom is -0.466 e. The van der Waals surface area contributed by atoms with Crippen LogP contribution in [0.3, 0.4) is 0 Å². The predicted octanol–water partition coefficient (Wildman–Crippen LogP) is 24.1. The summed E-state index contributed by atoms with van der Waals surface area (Å²) in [6.45, 7) is 4.94. The molecule has 0 heterocycles. The molecule has 0 aromatic heterocycles. The van der Waals surface area contributed by atoms with E-state index in [4.69, 9.17) is 4.74 Å². The summed E-state index contributed by atoms with van der Waals surface area (Å²) in [7, 11) is 0. The van der Waals surface area contributed by atoms with Gasteiger partial charge in [0.05, 0.1) is 25.4 Å². The minimum atomic E-state index is -0.846. The molecule has 0 aliphatic carbocycles. The molecule has 0 rings (SSSR count). The van der Waals surface area contributed by atoms with Crippen LogP contribution >= 0.6 is 0 Å². The minimum absolute atomic E-state index is 0.00759. The molecule has 3 N–H and O–H groups in total. The quantitative estimate of drug-likeness (QED) is 0.0320. The van der Waals surface area contributed by atoms with E-state index < -0.39 is 12.1 Å². The van der Waals surface area contributed by atoms with Gasteiger partial charge in [-0.2, -0.15) is 0 Å². The van der Waals surface area contributed by atoms with Crippen LogP contribution in [0.25, 0.3) is 0 Å². The molecule has 0 aliphatic rings. The van der Waals surface area contributed by atoms with Gasteiger partial charge in [-0.15, -0.1) is 0 Å². The Labute approximate surface area is 507 Å². The monoisotopic (exact) mass is 1140 g/mol. The number of aliphatic hydroxyl groups is 2. The normalized spacial score (nSPS) is 12.6. The number of hydrogen-bond acceptors (Lipinski definition) is 5. The van der Waals surface area contributed by atoms with Crippen LogP contribution in [-0.4, -0.2) is 47.4 Å². The van der Waals surface area contributed by atoms with Gasteiger partial charge in [0.2, 0.25) is 5.91 Å². The van der Waals surface area contributed by atoms with Crippen molar-refractivity contribution >= 4 is 11.9 Å². The van der Waals surface area contributed by atoms with Crippen molar-refractivity contribution in [3.05, 3.63) is 24.3 Å². The van der Waals surface area contributed by atoms with Crippen LogP contribution in [0.1, 0.15) is 418 Å². The smallest absolute Gasteiger partial charge is 0.305 e. The first-order valence-corrected chi connectivity index (χ1v) is 37.1. The topological polar surface area (TPSA) is 95.9 Å². The van der Waals surface area contributed by atoms with Gasteiger partial charge in [0.25, 0.3) is 0 Å². The standard InChI is InChI=1S/C75H145NO5/c1-3-5-7-9-11-13-15-17-19-21-22-23-24-25-27-30-33-36-39-43-47-51-55-59-63-67-73(78)72(71-77)76-74(79)68-64-60-56-52-48-44-40-37-34-31-28-26-29-32-35-38-42-46-50-54-58-62-66-70-81-75(80)69-65-61-57-53-49-45-41-20-18-16-14-12-10-8-6-4-2/h20,41,63,67,72-73,77-78H,3-19,21-40,42-62,64-66,68-71H2,1-2H3,(H,76,79)/b41-20-,67-63+. The largest absolute Gasteiger partial charge is 0.466 e. The van der Waals surface area contributed by atoms with E-state index in [0.29, 0.717) is 19.4 Å². The Morgan fingerprint density at radius 1 is 0.333 bits per heavy atom. The molecule has 2 unspecified atom stereocenters. The van der Waals surface area contributed by atoms with Crippen LogP contribution in [0.15, 0.2) is 24.3 Å². The van der Waals surface area contributed by atoms with E-state index in [2.05, 4.69) is 31.3 Å². The van der Waals surface area contributed by atoms with Crippen molar-refractivity contribution in [2.24, 2.45) is 0 Å². The lowest BCUT2D eigenvalue weighted by Crippen LogP contribution is -2.45. The van der Waals surface area contributed by atoms with Crippen molar-refractivity contribution in [2.45, 2.75) is 431 Å². The summed E-state index contributed by atoms with van der Waals surface area (Å²) in [5, 5.41) is 23.3. The zero-order valence-electron chi connectivity index (χ0n) is 55.0. The number of carbonyl (C=O) groups excluding carboxylic acids is 2. The first-order chi connectivity index (χ1) is 40.0. The van der Waals surface area contributed by atoms with Crippen molar-refractivity contribution in [3.8, 4) is 0 Å². The van der Waals surface area contributed by atoms with E-state index in [0.717, 1.165) is 44.9 Å². The predicted molar refractivity (Wildman–Crippen MR) is 356 cm³/mol. The first-order valence-electron chi connectivity index (χ1n) is 37.1. The lowest BCUT2D eigenvalue weighted by molar-refractivity contribution is -0.143. The van der Waals surface area contributed by atoms with E-state index in [9.17, 15) is 19.8 Å². The number of rotatable bonds is 70. The third-order valence-corrected chi connectivity index (χ3v) is 17.5. The fraction of sp³-hybridized carbons (Fsp3) is 0.920. The maximum Gasteiger partial charge on any atom is 0.305 e. The first kappa shape index (κ1) is 79.3. The van der Waals surface area contributed by atoms with Crippen molar-refractivity contribution in [2.75, 3.05) is 13.2 Å². The average Bonchev–Trinajstić information content (AvgIpc) is 3.47. The van der Waals surface area contributed by atoms with E-state index >= 15 is 0 Å². The molecule has 0 spiro atoms. The molecule has 2 atom stereocenters. The molecule has 0 aliphatic heterocycles. The maximum atomic E-state index is 12.5. The van der Waals surface area contributed by atoms with Gasteiger partial charge in [-0.25, -0.2) is 0 Å². The van der Waals surface area contributed by atoms with Crippen LogP contribution < -0.4 is 5.32 Å². The number of aliphatic hydroxyl groups excluding tert-OH is 2. The van der Waals surface area contributed by atoms with E-state index in [1.807, 2.05) is 6.08 Å². The molecule has 480 valence electrons. The van der Waals surface area contributed by atoms with Gasteiger partial charge in [0.15, 0.2) is 0 Å². The lowest BCUT2D eigenvalue weighted by atomic mass is 10.0. The molecular weight excluding hydrogens is 995 g/mol. The third-order valence-electron chi connectivity index (χ3n) is 17.5. The summed E-state index contributed by atoms with van der Waals surface area (Å²) in [4.78, 5) is 24.6. The Bertz CT molecular complexity index is 1270. The van der Waals surface area contributed by atoms with Crippen LogP contribution in [0, 0.1) is 0 Å². The van der Waals surface area contributed by atoms with Gasteiger partial charge < -0.3 is 20.3 Å². The second-order valence-corrected chi connectivity index (χ2v) is 25.6. The van der Waals surface area contributed by atoms with Crippen LogP contribution in [0.4, 0.5) is 0 Å². The number of hydrogen-bond donors (Lipinski definition) is 3. The van der Waals surface area contributed by atoms with Gasteiger partial charge in [-0.05, 0) is 57.8 Å². The van der Waals surface area contributed by atoms with Gasteiger partial charge in [0.1, 0.15) is 0 Å². The maximum absolute atomic E-state index is 12.5. The summed E-state index contributed by atoms with van der Waals surface area (Å²) in [6.07, 6.45) is 89.8. The Morgan fingerprint density at radius 2 is 0.580 bits per heavy atom. The molecule has 0 radical (unpaired) electrons. The zero-order valence-corrected chi connectivity index (χ0v) is 55.0. The van der Waals surface area contributed by atoms with Gasteiger partial charge >= 0.3 is 5.97 Å². The molecule has 0 saturated heterocycles. The number of amides is 1. The van der Waals surface area contributed by atoms with Crippen molar-refractivity contribution < 1.29 is 24.5 Å². The van der Waals surface area contributed by atoms with Crippen molar-refractivity contribution in [1.29, 1.82) is 0 Å². The highest BCUT2D eigenvalue weighted by molar-refractivity contribution is 5.76. The van der Waals surface area contributed by atoms with Gasteiger partial charge in [-0.1, -0.05) is 372 Å². The van der Waals surface area contributed by atoms with Crippen molar-refractivity contribution in [3.63, 3.8) is 0 Å². The molecule has 0 fully saturated rings. The third kappa shape index (κ3) is 67.3. The summed E-state index contributed by atoms with van der Waals surface area (Å²) in [5.74, 6) is -0.0550. The van der Waals surface area contributed by atoms with Gasteiger partial charge in [-0.3, -0.25) is 9.59 Å². The summed E-state index contributed by atoms with van der Waals surface area (Å²) < 4.78 is 5.50. The molecule has 0 aromatic carbocycles. The SMILES string of the molecule is CCCCCCCCC/C=C\CCCCCCCC(=O)OCCCCCCCCCCCCCCCCCCCCCCCCCC(=O)NC(CO)C(O)/C=C/CCCCCCCCCCCCCCCCCCCCCCCCC. The zero-order chi connectivity index (χ0) is 58.5. The van der Waals surface area contributed by atoms with Gasteiger partial charge in [0, 0.05) is 12.8 Å². The Hall–Kier alpha value is -1.66. The molecule has 0 aromatic rings. The summed E-state index contributed by atoms with van der Waals surface area (Å²) in [6, 6.07) is -0.629. The second kappa shape index (κ2) is 70.8. The molecule has 6 heteroatoms. The lowest BCUT2D eigenvalue weighted by Gasteiger charge is -2.20. The molecule has 0 bridgehead atoms. The molecule has 1 amide bonds. The average molecular weight is 1140 g/mol. The molecule has 0 saturated carbocycles. The summed E-state index contributed by atoms with van der Waals surface area (Å²) >= 11 is 0. The highest BCUT2D eigenvalue weighted by Gasteiger charge is 2.18. The van der Waals surface area contributed by atoms with Crippen LogP contribution in [0.5, 0.6) is 0 Å². The number of ether oxygens (including phenoxy) is 1. The van der Waals surface area contributed by atoms with E-state index in [1.165, 1.54) is 347 Å². The van der Waals surface area contributed by atoms with Crippen LogP contribution in [-0.2, 0) is 14.3 Å². The summed E-state index contributed by atoms with van der Waals surface area (Å²) in [5.41, 5.74) is 0. The Balaban J connectivity index is 3.40. The van der Waals surface area contributed by atoms with E-state index in [1.54, 1.807) is 6.08 Å². The molecular formula is C75H145NO5. The van der Waals surface area contributed by atoms with E-state index in [-0.39, 0.29) is 18.5 Å². The fourth-order valence-electron chi connectivity index (χ4n) is 11.8. The highest BCUT2D eigenvalue weighted by Crippen LogP contribution is 2.19. The fourth-order valence-corrected chi connectivity index (χ4v) is 11.8.